The Kier molecular flexibility index (Phi) is 6.10. The zero-order valence-electron chi connectivity index (χ0n) is 19.3. The number of benzene rings is 5. The van der Waals surface area contributed by atoms with Gasteiger partial charge in [0.2, 0.25) is 0 Å². The van der Waals surface area contributed by atoms with Gasteiger partial charge in [0.1, 0.15) is 5.70 Å². The first-order chi connectivity index (χ1) is 17.1. The van der Waals surface area contributed by atoms with Crippen molar-refractivity contribution in [3.63, 3.8) is 0 Å². The highest BCUT2D eigenvalue weighted by Crippen LogP contribution is 2.30. The molecule has 0 aromatic heterocycles. The van der Waals surface area contributed by atoms with Gasteiger partial charge in [-0.25, -0.2) is 0 Å². The summed E-state index contributed by atoms with van der Waals surface area (Å²) in [5.74, 6) is -0.738. The fourth-order valence-corrected chi connectivity index (χ4v) is 4.21. The van der Waals surface area contributed by atoms with Crippen molar-refractivity contribution in [2.75, 3.05) is 5.32 Å². The van der Waals surface area contributed by atoms with Crippen LogP contribution in [0.25, 0.3) is 27.6 Å². The zero-order valence-corrected chi connectivity index (χ0v) is 19.3. The summed E-state index contributed by atoms with van der Waals surface area (Å²) in [7, 11) is 0. The summed E-state index contributed by atoms with van der Waals surface area (Å²) in [5, 5.41) is 9.91. The summed E-state index contributed by atoms with van der Waals surface area (Å²) < 4.78 is 0. The Morgan fingerprint density at radius 3 is 1.97 bits per heavy atom. The molecular weight excluding hydrogens is 432 g/mol. The Morgan fingerprint density at radius 2 is 1.31 bits per heavy atom. The molecule has 0 saturated carbocycles. The molecule has 35 heavy (non-hydrogen) atoms. The summed E-state index contributed by atoms with van der Waals surface area (Å²) in [6, 6.07) is 34.7. The van der Waals surface area contributed by atoms with E-state index in [1.54, 1.807) is 30.3 Å². The van der Waals surface area contributed by atoms with Crippen molar-refractivity contribution in [2.24, 2.45) is 0 Å². The Hall–Kier alpha value is -4.70. The van der Waals surface area contributed by atoms with Gasteiger partial charge in [0.15, 0.2) is 0 Å². The molecule has 0 heterocycles. The summed E-state index contributed by atoms with van der Waals surface area (Å²) in [4.78, 5) is 26.5. The molecular formula is C31H24N2O2. The second-order valence-corrected chi connectivity index (χ2v) is 8.43. The zero-order chi connectivity index (χ0) is 24.2. The van der Waals surface area contributed by atoms with Crippen LogP contribution in [0.1, 0.15) is 21.5 Å². The Labute approximate surface area is 203 Å². The highest BCUT2D eigenvalue weighted by molar-refractivity contribution is 6.14. The van der Waals surface area contributed by atoms with Crippen molar-refractivity contribution in [3.8, 4) is 0 Å². The average molecular weight is 457 g/mol. The quantitative estimate of drug-likeness (QED) is 0.228. The summed E-state index contributed by atoms with van der Waals surface area (Å²) in [6.45, 7) is 1.96. The molecule has 0 aliphatic carbocycles. The van der Waals surface area contributed by atoms with E-state index in [2.05, 4.69) is 16.7 Å². The van der Waals surface area contributed by atoms with E-state index in [1.165, 1.54) is 0 Å². The second kappa shape index (κ2) is 9.65. The number of anilines is 1. The van der Waals surface area contributed by atoms with Gasteiger partial charge in [0.25, 0.3) is 11.8 Å². The number of nitrogens with one attached hydrogen (secondary N) is 2. The molecule has 0 unspecified atom stereocenters. The summed E-state index contributed by atoms with van der Waals surface area (Å²) in [5.41, 5.74) is 3.21. The predicted octanol–water partition coefficient (Wildman–Crippen LogP) is 6.71. The molecule has 0 fully saturated rings. The van der Waals surface area contributed by atoms with E-state index in [0.717, 1.165) is 32.7 Å². The van der Waals surface area contributed by atoms with Gasteiger partial charge >= 0.3 is 0 Å². The SMILES string of the molecule is Cc1cccc(NC(=O)/C(=C\c2c3ccccc3cc3ccccc23)NC(=O)c2ccccc2)c1. The molecule has 4 heteroatoms. The minimum atomic E-state index is -0.392. The second-order valence-electron chi connectivity index (χ2n) is 8.43. The van der Waals surface area contributed by atoms with E-state index < -0.39 is 5.91 Å². The van der Waals surface area contributed by atoms with E-state index in [9.17, 15) is 9.59 Å². The molecule has 0 atom stereocenters. The van der Waals surface area contributed by atoms with Gasteiger partial charge in [-0.05, 0) is 76.0 Å². The minimum absolute atomic E-state index is 0.168. The van der Waals surface area contributed by atoms with Crippen molar-refractivity contribution in [3.05, 3.63) is 132 Å². The van der Waals surface area contributed by atoms with Crippen LogP contribution in [-0.4, -0.2) is 11.8 Å². The van der Waals surface area contributed by atoms with Gasteiger partial charge in [-0.15, -0.1) is 0 Å². The van der Waals surface area contributed by atoms with Crippen LogP contribution < -0.4 is 10.6 Å². The first-order valence-electron chi connectivity index (χ1n) is 11.4. The lowest BCUT2D eigenvalue weighted by Crippen LogP contribution is -2.30. The van der Waals surface area contributed by atoms with Gasteiger partial charge < -0.3 is 10.6 Å². The topological polar surface area (TPSA) is 58.2 Å². The van der Waals surface area contributed by atoms with Crippen molar-refractivity contribution < 1.29 is 9.59 Å². The first kappa shape index (κ1) is 22.1. The number of rotatable bonds is 5. The van der Waals surface area contributed by atoms with Gasteiger partial charge in [0.05, 0.1) is 0 Å². The number of hydrogen-bond donors (Lipinski definition) is 2. The number of carbonyl (C=O) groups is 2. The third-order valence-corrected chi connectivity index (χ3v) is 5.91. The Balaban J connectivity index is 1.64. The highest BCUT2D eigenvalue weighted by atomic mass is 16.2. The molecule has 5 aromatic carbocycles. The molecule has 0 aliphatic heterocycles. The van der Waals surface area contributed by atoms with Crippen LogP contribution in [0, 0.1) is 6.92 Å². The maximum Gasteiger partial charge on any atom is 0.272 e. The molecule has 0 aliphatic rings. The molecule has 2 amide bonds. The van der Waals surface area contributed by atoms with Crippen molar-refractivity contribution >= 4 is 45.1 Å². The molecule has 0 spiro atoms. The molecule has 0 bridgehead atoms. The van der Waals surface area contributed by atoms with Gasteiger partial charge in [-0.1, -0.05) is 78.9 Å². The smallest absolute Gasteiger partial charge is 0.272 e. The normalized spacial score (nSPS) is 11.4. The number of aryl methyl sites for hydroxylation is 1. The van der Waals surface area contributed by atoms with Crippen molar-refractivity contribution in [1.82, 2.24) is 5.32 Å². The monoisotopic (exact) mass is 456 g/mol. The fraction of sp³-hybridized carbons (Fsp3) is 0.0323. The van der Waals surface area contributed by atoms with Gasteiger partial charge in [0, 0.05) is 11.3 Å². The van der Waals surface area contributed by atoms with Gasteiger partial charge in [-0.2, -0.15) is 0 Å². The molecule has 0 radical (unpaired) electrons. The predicted molar refractivity (Wildman–Crippen MR) is 143 cm³/mol. The van der Waals surface area contributed by atoms with Crippen LogP contribution in [0.3, 0.4) is 0 Å². The van der Waals surface area contributed by atoms with Crippen LogP contribution in [-0.2, 0) is 4.79 Å². The number of hydrogen-bond acceptors (Lipinski definition) is 2. The van der Waals surface area contributed by atoms with Crippen molar-refractivity contribution in [1.29, 1.82) is 0 Å². The van der Waals surface area contributed by atoms with Gasteiger partial charge in [-0.3, -0.25) is 9.59 Å². The lowest BCUT2D eigenvalue weighted by atomic mass is 9.96. The van der Waals surface area contributed by atoms with E-state index in [-0.39, 0.29) is 11.6 Å². The van der Waals surface area contributed by atoms with Crippen molar-refractivity contribution in [2.45, 2.75) is 6.92 Å². The van der Waals surface area contributed by atoms with E-state index >= 15 is 0 Å². The molecule has 4 nitrogen and oxygen atoms in total. The van der Waals surface area contributed by atoms with Crippen LogP contribution >= 0.6 is 0 Å². The molecule has 170 valence electrons. The average Bonchev–Trinajstić information content (AvgIpc) is 2.88. The minimum Gasteiger partial charge on any atom is -0.321 e. The molecule has 0 saturated heterocycles. The van der Waals surface area contributed by atoms with Crippen LogP contribution in [0.2, 0.25) is 0 Å². The third-order valence-electron chi connectivity index (χ3n) is 5.91. The maximum absolute atomic E-state index is 13.5. The van der Waals surface area contributed by atoms with Crippen LogP contribution in [0.15, 0.2) is 115 Å². The number of carbonyl (C=O) groups excluding carboxylic acids is 2. The van der Waals surface area contributed by atoms with E-state index in [4.69, 9.17) is 0 Å². The summed E-state index contributed by atoms with van der Waals surface area (Å²) in [6.07, 6.45) is 1.77. The standard InChI is InChI=1S/C31H24N2O2/c1-21-10-9-15-25(18-21)32-31(35)29(33-30(34)22-11-3-2-4-12-22)20-28-26-16-7-5-13-23(26)19-24-14-6-8-17-27(24)28/h2-20H,1H3,(H,32,35)(H,33,34)/b29-20+. The number of fused-ring (bicyclic) bond motifs is 2. The van der Waals surface area contributed by atoms with Crippen LogP contribution in [0.4, 0.5) is 5.69 Å². The van der Waals surface area contributed by atoms with Crippen LogP contribution in [0.5, 0.6) is 0 Å². The molecule has 2 N–H and O–H groups in total. The molecule has 5 aromatic rings. The van der Waals surface area contributed by atoms with E-state index in [1.807, 2.05) is 85.8 Å². The highest BCUT2D eigenvalue weighted by Gasteiger charge is 2.17. The maximum atomic E-state index is 13.5. The lowest BCUT2D eigenvalue weighted by molar-refractivity contribution is -0.113. The Morgan fingerprint density at radius 1 is 0.686 bits per heavy atom. The first-order valence-corrected chi connectivity index (χ1v) is 11.4. The number of amides is 2. The van der Waals surface area contributed by atoms with E-state index in [0.29, 0.717) is 11.3 Å². The lowest BCUT2D eigenvalue weighted by Gasteiger charge is -2.14. The summed E-state index contributed by atoms with van der Waals surface area (Å²) >= 11 is 0. The fourth-order valence-electron chi connectivity index (χ4n) is 4.21. The third kappa shape index (κ3) is 4.82. The Bertz CT molecular complexity index is 1530. The largest absolute Gasteiger partial charge is 0.321 e. The molecule has 5 rings (SSSR count).